The van der Waals surface area contributed by atoms with Crippen LogP contribution < -0.4 is 10.0 Å². The molecule has 146 valence electrons. The van der Waals surface area contributed by atoms with Crippen LogP contribution in [-0.4, -0.2) is 30.4 Å². The van der Waals surface area contributed by atoms with Gasteiger partial charge in [-0.3, -0.25) is 9.52 Å². The van der Waals surface area contributed by atoms with Crippen LogP contribution in [0.15, 0.2) is 72.1 Å². The van der Waals surface area contributed by atoms with Gasteiger partial charge in [-0.15, -0.1) is 0 Å². The predicted molar refractivity (Wildman–Crippen MR) is 108 cm³/mol. The smallest absolute Gasteiger partial charge is 0.261 e. The number of rotatable bonds is 8. The summed E-state index contributed by atoms with van der Waals surface area (Å²) in [6, 6.07) is 13.0. The number of nitrogens with one attached hydrogen (secondary N) is 2. The molecule has 0 saturated carbocycles. The molecule has 0 aliphatic rings. The Morgan fingerprint density at radius 2 is 1.86 bits per heavy atom. The number of amides is 1. The van der Waals surface area contributed by atoms with Gasteiger partial charge in [-0.05, 0) is 49.2 Å². The molecule has 0 bridgehead atoms. The van der Waals surface area contributed by atoms with Gasteiger partial charge in [0.1, 0.15) is 0 Å². The van der Waals surface area contributed by atoms with Crippen LogP contribution in [0, 0.1) is 6.92 Å². The third kappa shape index (κ3) is 4.98. The van der Waals surface area contributed by atoms with E-state index in [-0.39, 0.29) is 10.8 Å². The number of aromatic nitrogens is 2. The number of sulfonamides is 1. The van der Waals surface area contributed by atoms with Gasteiger partial charge in [0.15, 0.2) is 0 Å². The van der Waals surface area contributed by atoms with Crippen molar-refractivity contribution >= 4 is 21.6 Å². The number of imidazole rings is 1. The summed E-state index contributed by atoms with van der Waals surface area (Å²) < 4.78 is 29.6. The Balaban J connectivity index is 1.57. The second-order valence-corrected chi connectivity index (χ2v) is 8.04. The normalized spacial score (nSPS) is 11.2. The molecule has 0 radical (unpaired) electrons. The van der Waals surface area contributed by atoms with Crippen molar-refractivity contribution in [1.82, 2.24) is 14.9 Å². The molecule has 0 aliphatic heterocycles. The average molecular weight is 398 g/mol. The second-order valence-electron chi connectivity index (χ2n) is 6.35. The topological polar surface area (TPSA) is 93.1 Å². The maximum Gasteiger partial charge on any atom is 0.261 e. The van der Waals surface area contributed by atoms with E-state index < -0.39 is 10.0 Å². The Morgan fingerprint density at radius 1 is 1.11 bits per heavy atom. The molecule has 2 N–H and O–H groups in total. The van der Waals surface area contributed by atoms with Gasteiger partial charge in [0, 0.05) is 31.0 Å². The summed E-state index contributed by atoms with van der Waals surface area (Å²) in [5.41, 5.74) is 1.78. The summed E-state index contributed by atoms with van der Waals surface area (Å²) in [6.07, 6.45) is 6.08. The molecular formula is C20H22N4O3S. The van der Waals surface area contributed by atoms with Crippen molar-refractivity contribution in [2.45, 2.75) is 24.8 Å². The number of benzene rings is 2. The van der Waals surface area contributed by atoms with Crippen molar-refractivity contribution in [3.63, 3.8) is 0 Å². The number of hydrogen-bond acceptors (Lipinski definition) is 4. The lowest BCUT2D eigenvalue weighted by Gasteiger charge is -2.11. The van der Waals surface area contributed by atoms with E-state index in [4.69, 9.17) is 0 Å². The zero-order valence-corrected chi connectivity index (χ0v) is 16.3. The minimum atomic E-state index is -3.71. The van der Waals surface area contributed by atoms with Gasteiger partial charge in [-0.2, -0.15) is 0 Å². The van der Waals surface area contributed by atoms with Crippen molar-refractivity contribution < 1.29 is 13.2 Å². The lowest BCUT2D eigenvalue weighted by molar-refractivity contribution is 0.0952. The number of hydrogen-bond donors (Lipinski definition) is 2. The number of carbonyl (C=O) groups excluding carboxylic acids is 1. The molecule has 1 heterocycles. The lowest BCUT2D eigenvalue weighted by Crippen LogP contribution is -2.25. The molecule has 8 heteroatoms. The van der Waals surface area contributed by atoms with Crippen molar-refractivity contribution in [2.75, 3.05) is 11.3 Å². The molecule has 7 nitrogen and oxygen atoms in total. The van der Waals surface area contributed by atoms with Crippen molar-refractivity contribution in [1.29, 1.82) is 0 Å². The van der Waals surface area contributed by atoms with Crippen molar-refractivity contribution in [3.8, 4) is 0 Å². The summed E-state index contributed by atoms with van der Waals surface area (Å²) in [5, 5.41) is 2.83. The Hall–Kier alpha value is -3.13. The first-order chi connectivity index (χ1) is 13.5. The number of nitrogens with zero attached hydrogens (tertiary/aromatic N) is 2. The van der Waals surface area contributed by atoms with E-state index >= 15 is 0 Å². The van der Waals surface area contributed by atoms with E-state index in [0.29, 0.717) is 17.8 Å². The van der Waals surface area contributed by atoms with Crippen LogP contribution in [0.1, 0.15) is 22.3 Å². The first-order valence-corrected chi connectivity index (χ1v) is 10.4. The van der Waals surface area contributed by atoms with Gasteiger partial charge in [-0.25, -0.2) is 13.4 Å². The van der Waals surface area contributed by atoms with Crippen LogP contribution in [0.5, 0.6) is 0 Å². The summed E-state index contributed by atoms with van der Waals surface area (Å²) >= 11 is 0. The highest BCUT2D eigenvalue weighted by atomic mass is 32.2. The van der Waals surface area contributed by atoms with Gasteiger partial charge >= 0.3 is 0 Å². The van der Waals surface area contributed by atoms with Crippen LogP contribution in [0.25, 0.3) is 0 Å². The quantitative estimate of drug-likeness (QED) is 0.571. The third-order valence-corrected chi connectivity index (χ3v) is 5.64. The third-order valence-electron chi connectivity index (χ3n) is 4.25. The van der Waals surface area contributed by atoms with Gasteiger partial charge in [-0.1, -0.05) is 18.2 Å². The summed E-state index contributed by atoms with van der Waals surface area (Å²) in [6.45, 7) is 3.12. The van der Waals surface area contributed by atoms with E-state index in [2.05, 4.69) is 15.0 Å². The van der Waals surface area contributed by atoms with Gasteiger partial charge in [0.05, 0.1) is 16.9 Å². The Bertz CT molecular complexity index is 1030. The monoisotopic (exact) mass is 398 g/mol. The summed E-state index contributed by atoms with van der Waals surface area (Å²) in [5.74, 6) is -0.235. The fourth-order valence-corrected chi connectivity index (χ4v) is 3.79. The van der Waals surface area contributed by atoms with E-state index in [0.717, 1.165) is 18.5 Å². The van der Waals surface area contributed by atoms with Gasteiger partial charge < -0.3 is 9.88 Å². The van der Waals surface area contributed by atoms with E-state index in [9.17, 15) is 13.2 Å². The molecule has 0 unspecified atom stereocenters. The Kier molecular flexibility index (Phi) is 6.10. The average Bonchev–Trinajstić information content (AvgIpc) is 3.20. The first kappa shape index (κ1) is 19.6. The fourth-order valence-electron chi connectivity index (χ4n) is 2.66. The molecule has 1 amide bonds. The van der Waals surface area contributed by atoms with Crippen LogP contribution >= 0.6 is 0 Å². The zero-order valence-electron chi connectivity index (χ0n) is 15.5. The van der Waals surface area contributed by atoms with Gasteiger partial charge in [0.25, 0.3) is 15.9 Å². The standard InChI is InChI=1S/C20H22N4O3S/c1-16-5-2-3-6-19(16)23-28(26,27)18-9-7-17(8-10-18)20(25)22-11-4-13-24-14-12-21-15-24/h2-3,5-10,12,14-15,23H,4,11,13H2,1H3,(H,22,25). The number of carbonyl (C=O) groups is 1. The highest BCUT2D eigenvalue weighted by Gasteiger charge is 2.16. The molecule has 3 rings (SSSR count). The molecule has 0 aliphatic carbocycles. The number of aryl methyl sites for hydroxylation is 2. The second kappa shape index (κ2) is 8.71. The van der Waals surface area contributed by atoms with Crippen LogP contribution in [0.3, 0.4) is 0 Å². The highest BCUT2D eigenvalue weighted by molar-refractivity contribution is 7.92. The minimum absolute atomic E-state index is 0.104. The fraction of sp³-hybridized carbons (Fsp3) is 0.200. The summed E-state index contributed by atoms with van der Waals surface area (Å²) in [4.78, 5) is 16.3. The molecule has 0 saturated heterocycles. The molecule has 3 aromatic rings. The molecule has 0 fully saturated rings. The van der Waals surface area contributed by atoms with Crippen molar-refractivity contribution in [3.05, 3.63) is 78.4 Å². The molecular weight excluding hydrogens is 376 g/mol. The number of anilines is 1. The molecule has 0 atom stereocenters. The Labute approximate surface area is 164 Å². The lowest BCUT2D eigenvalue weighted by atomic mass is 10.2. The summed E-state index contributed by atoms with van der Waals surface area (Å²) in [7, 11) is -3.71. The Morgan fingerprint density at radius 3 is 2.54 bits per heavy atom. The largest absolute Gasteiger partial charge is 0.352 e. The van der Waals surface area contributed by atoms with Crippen LogP contribution in [-0.2, 0) is 16.6 Å². The van der Waals surface area contributed by atoms with E-state index in [1.165, 1.54) is 24.3 Å². The minimum Gasteiger partial charge on any atom is -0.352 e. The molecule has 1 aromatic heterocycles. The van der Waals surface area contributed by atoms with Gasteiger partial charge in [0.2, 0.25) is 0 Å². The first-order valence-electron chi connectivity index (χ1n) is 8.88. The molecule has 28 heavy (non-hydrogen) atoms. The molecule has 2 aromatic carbocycles. The maximum atomic E-state index is 12.5. The van der Waals surface area contributed by atoms with E-state index in [1.807, 2.05) is 29.8 Å². The maximum absolute atomic E-state index is 12.5. The van der Waals surface area contributed by atoms with Crippen LogP contribution in [0.4, 0.5) is 5.69 Å². The van der Waals surface area contributed by atoms with Crippen molar-refractivity contribution in [2.24, 2.45) is 0 Å². The molecule has 0 spiro atoms. The SMILES string of the molecule is Cc1ccccc1NS(=O)(=O)c1ccc(C(=O)NCCCn2ccnc2)cc1. The number of para-hydroxylation sites is 1. The highest BCUT2D eigenvalue weighted by Crippen LogP contribution is 2.19. The zero-order chi connectivity index (χ0) is 20.0. The van der Waals surface area contributed by atoms with E-state index in [1.54, 1.807) is 24.7 Å². The van der Waals surface area contributed by atoms with Crippen LogP contribution in [0.2, 0.25) is 0 Å². The predicted octanol–water partition coefficient (Wildman–Crippen LogP) is 2.81.